The second-order valence-corrected chi connectivity index (χ2v) is 5.11. The molecule has 1 aromatic heterocycles. The first-order valence-electron chi connectivity index (χ1n) is 6.62. The Bertz CT molecular complexity index is 836. The first-order chi connectivity index (χ1) is 10.0. The lowest BCUT2D eigenvalue weighted by molar-refractivity contribution is 0.0696. The maximum atomic E-state index is 13.5. The van der Waals surface area contributed by atoms with Gasteiger partial charge >= 0.3 is 5.97 Å². The summed E-state index contributed by atoms with van der Waals surface area (Å²) in [7, 11) is 0. The highest BCUT2D eigenvalue weighted by molar-refractivity contribution is 5.88. The third-order valence-corrected chi connectivity index (χ3v) is 3.55. The normalized spacial score (nSPS) is 11.0. The number of carboxylic acids is 1. The quantitative estimate of drug-likeness (QED) is 0.793. The number of para-hydroxylation sites is 1. The van der Waals surface area contributed by atoms with Gasteiger partial charge in [-0.1, -0.05) is 18.2 Å². The molecule has 1 heterocycles. The van der Waals surface area contributed by atoms with Crippen molar-refractivity contribution >= 4 is 16.9 Å². The Labute approximate surface area is 121 Å². The molecule has 0 amide bonds. The van der Waals surface area contributed by atoms with Gasteiger partial charge in [0.1, 0.15) is 5.82 Å². The highest BCUT2D eigenvalue weighted by atomic mass is 19.1. The second-order valence-electron chi connectivity index (χ2n) is 5.11. The Kier molecular flexibility index (Phi) is 3.22. The summed E-state index contributed by atoms with van der Waals surface area (Å²) in [6.45, 7) is 2.46. The van der Waals surface area contributed by atoms with Crippen molar-refractivity contribution in [1.29, 1.82) is 0 Å². The topological polar surface area (TPSA) is 42.2 Å². The Morgan fingerprint density at radius 3 is 2.76 bits per heavy atom. The molecule has 0 atom stereocenters. The van der Waals surface area contributed by atoms with E-state index in [2.05, 4.69) is 0 Å². The van der Waals surface area contributed by atoms with E-state index >= 15 is 0 Å². The fraction of sp³-hybridized carbons (Fsp3) is 0.118. The molecule has 0 spiro atoms. The predicted octanol–water partition coefficient (Wildman–Crippen LogP) is 3.84. The van der Waals surface area contributed by atoms with E-state index in [4.69, 9.17) is 5.11 Å². The van der Waals surface area contributed by atoms with E-state index in [0.717, 1.165) is 22.5 Å². The van der Waals surface area contributed by atoms with E-state index in [0.29, 0.717) is 12.1 Å². The Morgan fingerprint density at radius 2 is 2.00 bits per heavy atom. The zero-order chi connectivity index (χ0) is 15.0. The largest absolute Gasteiger partial charge is 0.478 e. The molecule has 2 aromatic carbocycles. The van der Waals surface area contributed by atoms with E-state index in [9.17, 15) is 9.18 Å². The van der Waals surface area contributed by atoms with Crippen LogP contribution in [0.25, 0.3) is 10.9 Å². The van der Waals surface area contributed by atoms with Gasteiger partial charge < -0.3 is 9.67 Å². The fourth-order valence-corrected chi connectivity index (χ4v) is 2.62. The van der Waals surface area contributed by atoms with Crippen LogP contribution in [0, 0.1) is 12.7 Å². The number of carboxylic acid groups (broad SMARTS) is 1. The van der Waals surface area contributed by atoms with Crippen molar-refractivity contribution in [3.05, 3.63) is 71.2 Å². The zero-order valence-corrected chi connectivity index (χ0v) is 11.5. The standard InChI is InChI=1S/C17H14FNO2/c1-11-9-19(16-5-3-2-4-15(11)16)10-12-6-13(17(20)21)8-14(18)7-12/h2-9H,10H2,1H3,(H,20,21). The van der Waals surface area contributed by atoms with Gasteiger partial charge in [-0.3, -0.25) is 0 Å². The van der Waals surface area contributed by atoms with Gasteiger partial charge in [-0.25, -0.2) is 9.18 Å². The second kappa shape index (κ2) is 5.05. The number of hydrogen-bond donors (Lipinski definition) is 1. The summed E-state index contributed by atoms with van der Waals surface area (Å²) >= 11 is 0. The summed E-state index contributed by atoms with van der Waals surface area (Å²) in [5.74, 6) is -1.65. The fourth-order valence-electron chi connectivity index (χ4n) is 2.62. The first-order valence-corrected chi connectivity index (χ1v) is 6.62. The number of fused-ring (bicyclic) bond motifs is 1. The summed E-state index contributed by atoms with van der Waals surface area (Å²) < 4.78 is 15.5. The number of rotatable bonds is 3. The van der Waals surface area contributed by atoms with Gasteiger partial charge in [-0.15, -0.1) is 0 Å². The monoisotopic (exact) mass is 283 g/mol. The molecule has 0 aliphatic rings. The zero-order valence-electron chi connectivity index (χ0n) is 11.5. The molecular formula is C17H14FNO2. The number of aryl methyl sites for hydroxylation is 1. The van der Waals surface area contributed by atoms with Gasteiger partial charge in [0.15, 0.2) is 0 Å². The molecule has 1 N–H and O–H groups in total. The minimum absolute atomic E-state index is 0.0295. The van der Waals surface area contributed by atoms with E-state index < -0.39 is 11.8 Å². The number of aromatic nitrogens is 1. The molecule has 0 saturated carbocycles. The molecule has 0 aliphatic carbocycles. The van der Waals surface area contributed by atoms with Gasteiger partial charge in [-0.2, -0.15) is 0 Å². The van der Waals surface area contributed by atoms with Crippen LogP contribution in [0.15, 0.2) is 48.7 Å². The Balaban J connectivity index is 2.05. The van der Waals surface area contributed by atoms with Crippen molar-refractivity contribution in [2.24, 2.45) is 0 Å². The lowest BCUT2D eigenvalue weighted by atomic mass is 10.1. The molecule has 3 rings (SSSR count). The number of carbonyl (C=O) groups is 1. The number of aromatic carboxylic acids is 1. The molecule has 0 saturated heterocycles. The van der Waals surface area contributed by atoms with Crippen molar-refractivity contribution < 1.29 is 14.3 Å². The van der Waals surface area contributed by atoms with E-state index in [-0.39, 0.29) is 5.56 Å². The van der Waals surface area contributed by atoms with E-state index in [1.165, 1.54) is 12.1 Å². The van der Waals surface area contributed by atoms with Crippen molar-refractivity contribution in [3.8, 4) is 0 Å². The predicted molar refractivity (Wildman–Crippen MR) is 79.1 cm³/mol. The van der Waals surface area contributed by atoms with E-state index in [1.54, 1.807) is 0 Å². The SMILES string of the molecule is Cc1cn(Cc2cc(F)cc(C(=O)O)c2)c2ccccc12. The Morgan fingerprint density at radius 1 is 1.24 bits per heavy atom. The van der Waals surface area contributed by atoms with Crippen molar-refractivity contribution in [1.82, 2.24) is 4.57 Å². The molecule has 0 fully saturated rings. The molecule has 0 aliphatic heterocycles. The lowest BCUT2D eigenvalue weighted by Gasteiger charge is -2.07. The van der Waals surface area contributed by atoms with Crippen LogP contribution in [0.3, 0.4) is 0 Å². The van der Waals surface area contributed by atoms with Crippen molar-refractivity contribution in [2.75, 3.05) is 0 Å². The van der Waals surface area contributed by atoms with Crippen LogP contribution < -0.4 is 0 Å². The number of benzene rings is 2. The van der Waals surface area contributed by atoms with Gasteiger partial charge in [0, 0.05) is 23.6 Å². The van der Waals surface area contributed by atoms with Crippen molar-refractivity contribution in [2.45, 2.75) is 13.5 Å². The summed E-state index contributed by atoms with van der Waals surface area (Å²) in [6.07, 6.45) is 2.00. The third kappa shape index (κ3) is 2.52. The number of halogens is 1. The van der Waals surface area contributed by atoms with Crippen LogP contribution in [0.1, 0.15) is 21.5 Å². The molecule has 3 aromatic rings. The Hall–Kier alpha value is -2.62. The van der Waals surface area contributed by atoms with Crippen LogP contribution in [-0.4, -0.2) is 15.6 Å². The lowest BCUT2D eigenvalue weighted by Crippen LogP contribution is -2.03. The number of hydrogen-bond acceptors (Lipinski definition) is 1. The molecule has 21 heavy (non-hydrogen) atoms. The van der Waals surface area contributed by atoms with Crippen molar-refractivity contribution in [3.63, 3.8) is 0 Å². The average Bonchev–Trinajstić information content (AvgIpc) is 2.75. The minimum Gasteiger partial charge on any atom is -0.478 e. The van der Waals surface area contributed by atoms with Crippen LogP contribution >= 0.6 is 0 Å². The van der Waals surface area contributed by atoms with Gasteiger partial charge in [-0.05, 0) is 42.3 Å². The smallest absolute Gasteiger partial charge is 0.335 e. The van der Waals surface area contributed by atoms with Gasteiger partial charge in [0.05, 0.1) is 5.56 Å². The van der Waals surface area contributed by atoms with Gasteiger partial charge in [0.2, 0.25) is 0 Å². The summed E-state index contributed by atoms with van der Waals surface area (Å²) in [4.78, 5) is 11.0. The van der Waals surface area contributed by atoms with Crippen LogP contribution in [0.5, 0.6) is 0 Å². The number of nitrogens with zero attached hydrogens (tertiary/aromatic N) is 1. The minimum atomic E-state index is -1.12. The third-order valence-electron chi connectivity index (χ3n) is 3.55. The van der Waals surface area contributed by atoms with Crippen LogP contribution in [0.2, 0.25) is 0 Å². The van der Waals surface area contributed by atoms with Crippen LogP contribution in [-0.2, 0) is 6.54 Å². The molecule has 4 heteroatoms. The molecular weight excluding hydrogens is 269 g/mol. The first kappa shape index (κ1) is 13.4. The van der Waals surface area contributed by atoms with E-state index in [1.807, 2.05) is 42.0 Å². The van der Waals surface area contributed by atoms with Gasteiger partial charge in [0.25, 0.3) is 0 Å². The maximum absolute atomic E-state index is 13.5. The summed E-state index contributed by atoms with van der Waals surface area (Å²) in [5, 5.41) is 10.1. The summed E-state index contributed by atoms with van der Waals surface area (Å²) in [6, 6.07) is 11.9. The maximum Gasteiger partial charge on any atom is 0.335 e. The molecule has 106 valence electrons. The summed E-state index contributed by atoms with van der Waals surface area (Å²) in [5.41, 5.74) is 2.79. The molecule has 3 nitrogen and oxygen atoms in total. The average molecular weight is 283 g/mol. The molecule has 0 bridgehead atoms. The van der Waals surface area contributed by atoms with Crippen LogP contribution in [0.4, 0.5) is 4.39 Å². The molecule has 0 radical (unpaired) electrons. The highest BCUT2D eigenvalue weighted by Gasteiger charge is 2.09. The highest BCUT2D eigenvalue weighted by Crippen LogP contribution is 2.22. The molecule has 0 unspecified atom stereocenters.